The van der Waals surface area contributed by atoms with Gasteiger partial charge in [0.05, 0.1) is 5.69 Å². The first-order chi connectivity index (χ1) is 7.63. The quantitative estimate of drug-likeness (QED) is 0.616. The maximum Gasteiger partial charge on any atom is 0.146 e. The predicted molar refractivity (Wildman–Crippen MR) is 67.1 cm³/mol. The highest BCUT2D eigenvalue weighted by Gasteiger charge is 2.04. The molecule has 0 aliphatic rings. The normalized spacial score (nSPS) is 12.6. The average molecular weight is 243 g/mol. The van der Waals surface area contributed by atoms with Crippen LogP contribution >= 0.6 is 0 Å². The summed E-state index contributed by atoms with van der Waals surface area (Å²) in [6.07, 6.45) is 3.19. The van der Waals surface area contributed by atoms with Gasteiger partial charge in [-0.15, -0.1) is 0 Å². The van der Waals surface area contributed by atoms with E-state index in [0.717, 1.165) is 24.8 Å². The van der Waals surface area contributed by atoms with Gasteiger partial charge >= 0.3 is 0 Å². The van der Waals surface area contributed by atoms with E-state index in [9.17, 15) is 8.60 Å². The third-order valence-electron chi connectivity index (χ3n) is 2.37. The average Bonchev–Trinajstić information content (AvgIpc) is 2.24. The maximum atomic E-state index is 13.1. The highest BCUT2D eigenvalue weighted by molar-refractivity contribution is 7.84. The minimum absolute atomic E-state index is 0.139. The highest BCUT2D eigenvalue weighted by Crippen LogP contribution is 2.13. The number of rotatable bonds is 6. The van der Waals surface area contributed by atoms with Crippen molar-refractivity contribution in [2.45, 2.75) is 31.9 Å². The molecule has 1 aromatic carbocycles. The number of benzene rings is 1. The van der Waals surface area contributed by atoms with Crippen LogP contribution in [-0.4, -0.2) is 9.96 Å². The fraction of sp³-hybridized carbons (Fsp3) is 0.500. The summed E-state index contributed by atoms with van der Waals surface area (Å²) < 4.78 is 24.8. The molecule has 1 aromatic rings. The minimum Gasteiger partial charge on any atom is -0.396 e. The highest BCUT2D eigenvalue weighted by atomic mass is 32.2. The summed E-state index contributed by atoms with van der Waals surface area (Å²) in [4.78, 5) is 0. The lowest BCUT2D eigenvalue weighted by atomic mass is 10.2. The Morgan fingerprint density at radius 3 is 2.75 bits per heavy atom. The van der Waals surface area contributed by atoms with Gasteiger partial charge in [-0.3, -0.25) is 4.21 Å². The molecule has 16 heavy (non-hydrogen) atoms. The van der Waals surface area contributed by atoms with Gasteiger partial charge in [0, 0.05) is 22.3 Å². The van der Waals surface area contributed by atoms with E-state index in [-0.39, 0.29) is 5.69 Å². The van der Waals surface area contributed by atoms with Crippen molar-refractivity contribution in [3.8, 4) is 0 Å². The fourth-order valence-electron chi connectivity index (χ4n) is 1.43. The monoisotopic (exact) mass is 243 g/mol. The first kappa shape index (κ1) is 13.2. The third kappa shape index (κ3) is 4.31. The fourth-order valence-corrected chi connectivity index (χ4v) is 2.65. The number of nitrogens with two attached hydrogens (primary N) is 1. The van der Waals surface area contributed by atoms with Crippen molar-refractivity contribution in [1.82, 2.24) is 0 Å². The summed E-state index contributed by atoms with van der Waals surface area (Å²) in [6.45, 7) is 2.11. The molecule has 0 aliphatic heterocycles. The van der Waals surface area contributed by atoms with Crippen LogP contribution in [0.25, 0.3) is 0 Å². The number of nitrogen functional groups attached to an aromatic ring is 1. The van der Waals surface area contributed by atoms with Gasteiger partial charge in [0.25, 0.3) is 0 Å². The van der Waals surface area contributed by atoms with Crippen LogP contribution < -0.4 is 5.73 Å². The molecule has 0 saturated carbocycles. The van der Waals surface area contributed by atoms with Crippen molar-refractivity contribution >= 4 is 16.5 Å². The van der Waals surface area contributed by atoms with Crippen LogP contribution in [0.2, 0.25) is 0 Å². The lowest BCUT2D eigenvalue weighted by molar-refractivity contribution is 0.631. The van der Waals surface area contributed by atoms with Gasteiger partial charge in [-0.1, -0.05) is 25.8 Å². The topological polar surface area (TPSA) is 43.1 Å². The summed E-state index contributed by atoms with van der Waals surface area (Å²) >= 11 is 0. The van der Waals surface area contributed by atoms with Crippen LogP contribution in [0.3, 0.4) is 0 Å². The molecule has 0 bridgehead atoms. The Kier molecular flexibility index (Phi) is 5.46. The van der Waals surface area contributed by atoms with Gasteiger partial charge in [0.1, 0.15) is 5.82 Å². The van der Waals surface area contributed by atoms with Crippen molar-refractivity contribution in [3.05, 3.63) is 29.6 Å². The van der Waals surface area contributed by atoms with Gasteiger partial charge in [-0.05, 0) is 24.1 Å². The summed E-state index contributed by atoms with van der Waals surface area (Å²) in [5, 5.41) is 0. The Morgan fingerprint density at radius 2 is 2.12 bits per heavy atom. The Hall–Kier alpha value is -0.900. The van der Waals surface area contributed by atoms with Gasteiger partial charge < -0.3 is 5.73 Å². The van der Waals surface area contributed by atoms with Crippen LogP contribution in [0.4, 0.5) is 10.1 Å². The van der Waals surface area contributed by atoms with Crippen molar-refractivity contribution in [2.24, 2.45) is 0 Å². The van der Waals surface area contributed by atoms with E-state index >= 15 is 0 Å². The van der Waals surface area contributed by atoms with Gasteiger partial charge in [-0.25, -0.2) is 4.39 Å². The number of unbranched alkanes of at least 4 members (excludes halogenated alkanes) is 2. The molecule has 0 aliphatic carbocycles. The van der Waals surface area contributed by atoms with E-state index in [1.807, 2.05) is 0 Å². The Morgan fingerprint density at radius 1 is 1.38 bits per heavy atom. The molecule has 1 unspecified atom stereocenters. The van der Waals surface area contributed by atoms with E-state index in [2.05, 4.69) is 6.92 Å². The SMILES string of the molecule is CCCCCS(=O)Cc1ccc(N)c(F)c1. The van der Waals surface area contributed by atoms with E-state index in [4.69, 9.17) is 5.73 Å². The molecule has 1 rings (SSSR count). The van der Waals surface area contributed by atoms with Crippen molar-refractivity contribution < 1.29 is 8.60 Å². The number of anilines is 1. The molecule has 0 amide bonds. The zero-order valence-electron chi connectivity index (χ0n) is 9.54. The molecule has 2 nitrogen and oxygen atoms in total. The van der Waals surface area contributed by atoms with Crippen LogP contribution in [0.5, 0.6) is 0 Å². The molecule has 0 aromatic heterocycles. The standard InChI is InChI=1S/C12H18FNOS/c1-2-3-4-7-16(15)9-10-5-6-12(14)11(13)8-10/h5-6,8H,2-4,7,9,14H2,1H3. The molecule has 0 radical (unpaired) electrons. The zero-order chi connectivity index (χ0) is 12.0. The number of hydrogen-bond donors (Lipinski definition) is 1. The second-order valence-electron chi connectivity index (χ2n) is 3.85. The van der Waals surface area contributed by atoms with Crippen LogP contribution in [0, 0.1) is 5.82 Å². The molecule has 1 atom stereocenters. The molecular formula is C12H18FNOS. The minimum atomic E-state index is -0.895. The van der Waals surface area contributed by atoms with Crippen molar-refractivity contribution in [3.63, 3.8) is 0 Å². The van der Waals surface area contributed by atoms with Gasteiger partial charge in [-0.2, -0.15) is 0 Å². The van der Waals surface area contributed by atoms with Crippen LogP contribution in [-0.2, 0) is 16.6 Å². The summed E-state index contributed by atoms with van der Waals surface area (Å²) in [5.74, 6) is 0.684. The van der Waals surface area contributed by atoms with E-state index in [1.165, 1.54) is 12.1 Å². The van der Waals surface area contributed by atoms with Crippen molar-refractivity contribution in [2.75, 3.05) is 11.5 Å². The Labute approximate surface area is 98.5 Å². The molecular weight excluding hydrogens is 225 g/mol. The van der Waals surface area contributed by atoms with E-state index in [0.29, 0.717) is 11.5 Å². The number of hydrogen-bond acceptors (Lipinski definition) is 2. The molecule has 4 heteroatoms. The zero-order valence-corrected chi connectivity index (χ0v) is 10.4. The summed E-state index contributed by atoms with van der Waals surface area (Å²) in [5.41, 5.74) is 6.26. The smallest absolute Gasteiger partial charge is 0.146 e. The molecule has 0 saturated heterocycles. The second-order valence-corrected chi connectivity index (χ2v) is 5.43. The summed E-state index contributed by atoms with van der Waals surface area (Å²) in [7, 11) is -0.895. The lowest BCUT2D eigenvalue weighted by Crippen LogP contribution is -2.02. The van der Waals surface area contributed by atoms with Crippen LogP contribution in [0.15, 0.2) is 18.2 Å². The molecule has 0 heterocycles. The van der Waals surface area contributed by atoms with Crippen LogP contribution in [0.1, 0.15) is 31.7 Å². The molecule has 0 fully saturated rings. The Bertz CT molecular complexity index is 368. The maximum absolute atomic E-state index is 13.1. The molecule has 90 valence electrons. The number of halogens is 1. The van der Waals surface area contributed by atoms with Gasteiger partial charge in [0.2, 0.25) is 0 Å². The molecule has 2 N–H and O–H groups in total. The third-order valence-corrected chi connectivity index (χ3v) is 3.77. The first-order valence-corrected chi connectivity index (χ1v) is 7.01. The largest absolute Gasteiger partial charge is 0.396 e. The predicted octanol–water partition coefficient (Wildman–Crippen LogP) is 2.85. The Balaban J connectivity index is 2.46. The first-order valence-electron chi connectivity index (χ1n) is 5.52. The van der Waals surface area contributed by atoms with E-state index < -0.39 is 16.6 Å². The second kappa shape index (κ2) is 6.63. The van der Waals surface area contributed by atoms with Gasteiger partial charge in [0.15, 0.2) is 0 Å². The van der Waals surface area contributed by atoms with Crippen molar-refractivity contribution in [1.29, 1.82) is 0 Å². The van der Waals surface area contributed by atoms with E-state index in [1.54, 1.807) is 6.07 Å². The lowest BCUT2D eigenvalue weighted by Gasteiger charge is -2.03. The molecule has 0 spiro atoms. The summed E-state index contributed by atoms with van der Waals surface area (Å²) in [6, 6.07) is 4.62.